The number of fused-ring (bicyclic) bond motifs is 1. The predicted octanol–water partition coefficient (Wildman–Crippen LogP) is 3.51. The molecule has 1 fully saturated rings. The second kappa shape index (κ2) is 10.7. The Balaban J connectivity index is 1.43. The molecule has 170 valence electrons. The zero-order valence-electron chi connectivity index (χ0n) is 18.7. The molecule has 1 amide bonds. The third-order valence-corrected chi connectivity index (χ3v) is 6.08. The smallest absolute Gasteiger partial charge is 0.258 e. The van der Waals surface area contributed by atoms with E-state index < -0.39 is 0 Å². The number of anilines is 1. The summed E-state index contributed by atoms with van der Waals surface area (Å²) >= 11 is 1.66. The van der Waals surface area contributed by atoms with Crippen molar-refractivity contribution in [2.75, 3.05) is 31.1 Å². The van der Waals surface area contributed by atoms with Crippen molar-refractivity contribution in [1.82, 2.24) is 25.1 Å². The Bertz CT molecular complexity index is 1030. The van der Waals surface area contributed by atoms with Crippen molar-refractivity contribution in [3.8, 4) is 5.75 Å². The maximum Gasteiger partial charge on any atom is 0.258 e. The first-order valence-electron chi connectivity index (χ1n) is 11.2. The molecule has 0 atom stereocenters. The van der Waals surface area contributed by atoms with Gasteiger partial charge in [-0.25, -0.2) is 14.6 Å². The Kier molecular flexibility index (Phi) is 7.47. The van der Waals surface area contributed by atoms with Crippen LogP contribution in [0.1, 0.15) is 33.1 Å². The van der Waals surface area contributed by atoms with Crippen LogP contribution in [0.4, 0.5) is 5.82 Å². The fraction of sp³-hybridized carbons (Fsp3) is 0.478. The van der Waals surface area contributed by atoms with E-state index in [4.69, 9.17) is 14.7 Å². The van der Waals surface area contributed by atoms with E-state index in [0.29, 0.717) is 24.1 Å². The monoisotopic (exact) mass is 454 g/mol. The number of amides is 1. The molecule has 4 rings (SSSR count). The van der Waals surface area contributed by atoms with Crippen molar-refractivity contribution in [3.63, 3.8) is 0 Å². The van der Waals surface area contributed by atoms with Crippen LogP contribution < -0.4 is 15.0 Å². The van der Waals surface area contributed by atoms with E-state index in [2.05, 4.69) is 29.2 Å². The molecule has 32 heavy (non-hydrogen) atoms. The summed E-state index contributed by atoms with van der Waals surface area (Å²) in [4.78, 5) is 24.2. The van der Waals surface area contributed by atoms with Gasteiger partial charge in [-0.1, -0.05) is 43.8 Å². The zero-order valence-corrected chi connectivity index (χ0v) is 19.5. The van der Waals surface area contributed by atoms with Gasteiger partial charge in [0.1, 0.15) is 11.6 Å². The summed E-state index contributed by atoms with van der Waals surface area (Å²) in [6, 6.07) is 9.32. The van der Waals surface area contributed by atoms with Crippen LogP contribution in [-0.2, 0) is 11.3 Å². The van der Waals surface area contributed by atoms with E-state index >= 15 is 0 Å². The molecule has 0 bridgehead atoms. The van der Waals surface area contributed by atoms with Crippen molar-refractivity contribution in [2.45, 2.75) is 50.1 Å². The Morgan fingerprint density at radius 1 is 1.16 bits per heavy atom. The van der Waals surface area contributed by atoms with Gasteiger partial charge in [0.15, 0.2) is 17.4 Å². The van der Waals surface area contributed by atoms with Crippen LogP contribution in [0.15, 0.2) is 41.7 Å². The molecular formula is C23H30N6O2S. The molecule has 0 saturated carbocycles. The topological polar surface area (TPSA) is 85.2 Å². The van der Waals surface area contributed by atoms with Crippen molar-refractivity contribution in [2.24, 2.45) is 0 Å². The highest BCUT2D eigenvalue weighted by molar-refractivity contribution is 7.99. The van der Waals surface area contributed by atoms with Gasteiger partial charge in [-0.15, -0.1) is 0 Å². The normalized spacial score (nSPS) is 14.2. The molecule has 8 nitrogen and oxygen atoms in total. The first kappa shape index (κ1) is 22.4. The molecule has 3 heterocycles. The number of ether oxygens (including phenoxy) is 1. The van der Waals surface area contributed by atoms with Gasteiger partial charge in [0.2, 0.25) is 0 Å². The number of hydrogen-bond acceptors (Lipinski definition) is 7. The predicted molar refractivity (Wildman–Crippen MR) is 127 cm³/mol. The van der Waals surface area contributed by atoms with E-state index in [9.17, 15) is 4.79 Å². The summed E-state index contributed by atoms with van der Waals surface area (Å²) in [7, 11) is 0. The summed E-state index contributed by atoms with van der Waals surface area (Å²) in [6.45, 7) is 7.28. The standard InChI is InChI=1S/C23H30N6O2S/c1-17(2)32-23-26-21(28-12-7-4-8-13-28)19-15-25-29(22(19)27-23)14-11-24-20(30)16-31-18-9-5-3-6-10-18/h3,5-6,9-10,15,17H,4,7-8,11-14,16H2,1-2H3,(H,24,30). The van der Waals surface area contributed by atoms with Gasteiger partial charge in [-0.2, -0.15) is 5.10 Å². The Morgan fingerprint density at radius 2 is 1.94 bits per heavy atom. The van der Waals surface area contributed by atoms with Gasteiger partial charge in [0, 0.05) is 24.9 Å². The van der Waals surface area contributed by atoms with E-state index in [1.54, 1.807) is 11.8 Å². The molecule has 0 spiro atoms. The summed E-state index contributed by atoms with van der Waals surface area (Å²) < 4.78 is 7.35. The number of hydrogen-bond donors (Lipinski definition) is 1. The lowest BCUT2D eigenvalue weighted by Crippen LogP contribution is -2.32. The van der Waals surface area contributed by atoms with E-state index in [1.807, 2.05) is 41.2 Å². The third kappa shape index (κ3) is 5.70. The largest absolute Gasteiger partial charge is 0.484 e. The number of aromatic nitrogens is 4. The Hall–Kier alpha value is -2.81. The van der Waals surface area contributed by atoms with Crippen LogP contribution in [0.25, 0.3) is 11.0 Å². The minimum Gasteiger partial charge on any atom is -0.484 e. The fourth-order valence-corrected chi connectivity index (χ4v) is 4.41. The number of carbonyl (C=O) groups excluding carboxylic acids is 1. The van der Waals surface area contributed by atoms with Crippen LogP contribution in [0.2, 0.25) is 0 Å². The van der Waals surface area contributed by atoms with Gasteiger partial charge < -0.3 is 15.0 Å². The van der Waals surface area contributed by atoms with Crippen LogP contribution in [0, 0.1) is 0 Å². The lowest BCUT2D eigenvalue weighted by molar-refractivity contribution is -0.123. The number of para-hydroxylation sites is 1. The molecule has 1 saturated heterocycles. The molecule has 9 heteroatoms. The number of nitrogens with one attached hydrogen (secondary N) is 1. The number of piperidine rings is 1. The second-order valence-electron chi connectivity index (χ2n) is 8.10. The van der Waals surface area contributed by atoms with Crippen LogP contribution in [0.3, 0.4) is 0 Å². The summed E-state index contributed by atoms with van der Waals surface area (Å²) in [5, 5.41) is 9.59. The van der Waals surface area contributed by atoms with E-state index in [0.717, 1.165) is 35.1 Å². The van der Waals surface area contributed by atoms with Crippen molar-refractivity contribution >= 4 is 34.5 Å². The average Bonchev–Trinajstić information content (AvgIpc) is 3.21. The number of rotatable bonds is 9. The van der Waals surface area contributed by atoms with Gasteiger partial charge in [-0.05, 0) is 31.4 Å². The quantitative estimate of drug-likeness (QED) is 0.391. The minimum absolute atomic E-state index is 0.0136. The van der Waals surface area contributed by atoms with Gasteiger partial charge in [-0.3, -0.25) is 4.79 Å². The van der Waals surface area contributed by atoms with E-state index in [1.165, 1.54) is 19.3 Å². The third-order valence-electron chi connectivity index (χ3n) is 5.21. The van der Waals surface area contributed by atoms with Crippen LogP contribution in [-0.4, -0.2) is 57.1 Å². The highest BCUT2D eigenvalue weighted by Gasteiger charge is 2.20. The molecule has 0 unspecified atom stereocenters. The number of benzene rings is 1. The lowest BCUT2D eigenvalue weighted by Gasteiger charge is -2.28. The van der Waals surface area contributed by atoms with Crippen molar-refractivity contribution in [1.29, 1.82) is 0 Å². The summed E-state index contributed by atoms with van der Waals surface area (Å²) in [5.41, 5.74) is 0.818. The maximum atomic E-state index is 12.1. The van der Waals surface area contributed by atoms with Gasteiger partial charge in [0.05, 0.1) is 18.1 Å². The molecule has 1 aliphatic heterocycles. The number of nitrogens with zero attached hydrogens (tertiary/aromatic N) is 5. The van der Waals surface area contributed by atoms with Crippen LogP contribution >= 0.6 is 11.8 Å². The molecule has 3 aromatic rings. The average molecular weight is 455 g/mol. The highest BCUT2D eigenvalue weighted by atomic mass is 32.2. The molecule has 0 aliphatic carbocycles. The molecule has 0 radical (unpaired) electrons. The Labute approximate surface area is 192 Å². The Morgan fingerprint density at radius 3 is 2.69 bits per heavy atom. The SMILES string of the molecule is CC(C)Sc1nc(N2CCCCC2)c2cnn(CCNC(=O)COc3ccccc3)c2n1. The fourth-order valence-electron chi connectivity index (χ4n) is 3.71. The number of thioether (sulfide) groups is 1. The molecule has 2 aromatic heterocycles. The lowest BCUT2D eigenvalue weighted by atomic mass is 10.1. The second-order valence-corrected chi connectivity index (χ2v) is 9.64. The van der Waals surface area contributed by atoms with E-state index in [-0.39, 0.29) is 12.5 Å². The number of carbonyl (C=O) groups is 1. The molecular weight excluding hydrogens is 424 g/mol. The summed E-state index contributed by atoms with van der Waals surface area (Å²) in [5.74, 6) is 1.49. The maximum absolute atomic E-state index is 12.1. The molecule has 1 N–H and O–H groups in total. The van der Waals surface area contributed by atoms with Gasteiger partial charge in [0.25, 0.3) is 5.91 Å². The first-order chi connectivity index (χ1) is 15.6. The zero-order chi connectivity index (χ0) is 22.3. The van der Waals surface area contributed by atoms with Crippen LogP contribution in [0.5, 0.6) is 5.75 Å². The first-order valence-corrected chi connectivity index (χ1v) is 12.1. The minimum atomic E-state index is -0.162. The molecule has 1 aromatic carbocycles. The van der Waals surface area contributed by atoms with Crippen molar-refractivity contribution in [3.05, 3.63) is 36.5 Å². The molecule has 1 aliphatic rings. The van der Waals surface area contributed by atoms with Crippen molar-refractivity contribution < 1.29 is 9.53 Å². The summed E-state index contributed by atoms with van der Waals surface area (Å²) in [6.07, 6.45) is 5.49. The highest BCUT2D eigenvalue weighted by Crippen LogP contribution is 2.30. The van der Waals surface area contributed by atoms with Gasteiger partial charge >= 0.3 is 0 Å².